The number of fused-ring (bicyclic) bond motifs is 2. The van der Waals surface area contributed by atoms with Crippen LogP contribution in [0.25, 0.3) is 36.5 Å². The first-order valence-corrected chi connectivity index (χ1v) is 23.2. The zero-order valence-electron chi connectivity index (χ0n) is 31.7. The summed E-state index contributed by atoms with van der Waals surface area (Å²) in [5.74, 6) is -0.0415. The van der Waals surface area contributed by atoms with Gasteiger partial charge < -0.3 is 0 Å². The molecular formula is C45H56N2O3Se2. The summed E-state index contributed by atoms with van der Waals surface area (Å²) < 4.78 is 11.3. The number of rotatable bonds is 21. The summed E-state index contributed by atoms with van der Waals surface area (Å²) in [6, 6.07) is 22.5. The first kappa shape index (κ1) is 38.8. The molecule has 7 heteroatoms. The van der Waals surface area contributed by atoms with Crippen LogP contribution in [-0.2, 0) is 14.3 Å². The molecule has 2 amide bonds. The van der Waals surface area contributed by atoms with Crippen molar-refractivity contribution >= 4 is 57.3 Å². The van der Waals surface area contributed by atoms with E-state index in [1.54, 1.807) is 0 Å². The zero-order chi connectivity index (χ0) is 36.5. The van der Waals surface area contributed by atoms with Crippen molar-refractivity contribution < 1.29 is 14.3 Å². The zero-order valence-corrected chi connectivity index (χ0v) is 35.2. The molecule has 6 rings (SSSR count). The first-order valence-electron chi connectivity index (χ1n) is 19.8. The van der Waals surface area contributed by atoms with E-state index >= 15 is 0 Å². The third-order valence-electron chi connectivity index (χ3n) is 10.5. The topological polar surface area (TPSA) is 49.9 Å². The number of allylic oxidation sites excluding steroid dienone is 1. The van der Waals surface area contributed by atoms with Gasteiger partial charge in [0.2, 0.25) is 0 Å². The van der Waals surface area contributed by atoms with Gasteiger partial charge >= 0.3 is 280 Å². The number of hydrogen-bond acceptors (Lipinski definition) is 3. The van der Waals surface area contributed by atoms with Gasteiger partial charge in [0.25, 0.3) is 0 Å². The summed E-state index contributed by atoms with van der Waals surface area (Å²) in [4.78, 5) is 31.8. The molecule has 0 radical (unpaired) electrons. The summed E-state index contributed by atoms with van der Waals surface area (Å²) in [5, 5.41) is 2.49. The molecule has 2 aliphatic rings. The van der Waals surface area contributed by atoms with E-state index in [0.29, 0.717) is 45.3 Å². The van der Waals surface area contributed by atoms with Crippen LogP contribution in [0.5, 0.6) is 0 Å². The molecule has 4 heterocycles. The molecule has 4 aromatic rings. The van der Waals surface area contributed by atoms with Gasteiger partial charge in [-0.1, -0.05) is 45.4 Å². The number of amides is 2. The molecule has 52 heavy (non-hydrogen) atoms. The fraction of sp³-hybridized carbons (Fsp3) is 0.467. The van der Waals surface area contributed by atoms with Crippen molar-refractivity contribution in [1.82, 2.24) is 9.80 Å². The van der Waals surface area contributed by atoms with E-state index in [9.17, 15) is 9.59 Å². The Morgan fingerprint density at radius 3 is 1.71 bits per heavy atom. The van der Waals surface area contributed by atoms with E-state index in [2.05, 4.69) is 81.4 Å². The van der Waals surface area contributed by atoms with Crippen LogP contribution in [0, 0.1) is 6.92 Å². The molecule has 0 atom stereocenters. The fourth-order valence-electron chi connectivity index (χ4n) is 7.50. The molecule has 2 aromatic carbocycles. The average Bonchev–Trinajstić information content (AvgIpc) is 3.93. The number of carbonyl (C=O) groups is 2. The van der Waals surface area contributed by atoms with Crippen LogP contribution in [0.2, 0.25) is 0 Å². The number of ether oxygens (including phenoxy) is 1. The van der Waals surface area contributed by atoms with Crippen LogP contribution in [-0.4, -0.2) is 76.9 Å². The van der Waals surface area contributed by atoms with Gasteiger partial charge in [-0.2, -0.15) is 0 Å². The third kappa shape index (κ3) is 9.05. The Hall–Kier alpha value is -2.92. The van der Waals surface area contributed by atoms with Crippen molar-refractivity contribution in [2.24, 2.45) is 0 Å². The normalized spacial score (nSPS) is 14.6. The van der Waals surface area contributed by atoms with Crippen molar-refractivity contribution in [1.29, 1.82) is 0 Å². The molecule has 2 aromatic heterocycles. The maximum atomic E-state index is 14.1. The number of unbranched alkanes of at least 4 members (excludes halogenated alkanes) is 10. The molecule has 276 valence electrons. The molecule has 0 spiro atoms. The number of aryl methyl sites for hydroxylation is 1. The summed E-state index contributed by atoms with van der Waals surface area (Å²) in [7, 11) is 0. The molecule has 0 saturated carbocycles. The molecule has 0 aliphatic carbocycles. The minimum absolute atomic E-state index is 0.0141. The van der Waals surface area contributed by atoms with E-state index in [4.69, 9.17) is 4.74 Å². The minimum atomic E-state index is -0.0403. The second kappa shape index (κ2) is 18.9. The van der Waals surface area contributed by atoms with E-state index in [1.165, 1.54) is 93.0 Å². The van der Waals surface area contributed by atoms with Crippen LogP contribution >= 0.6 is 0 Å². The molecule has 0 bridgehead atoms. The van der Waals surface area contributed by atoms with Gasteiger partial charge in [-0.05, 0) is 0 Å². The SMILES string of the molecule is CCCCCCCCCCCCOCCCN1C(=O)C2=C(C)N(CCCC)C(=O)C2=C1c1ccc(-c2ccc3cc(-c4ccc(C)[se]4)ccc3c2)[se]1. The van der Waals surface area contributed by atoms with E-state index in [1.807, 2.05) is 16.7 Å². The quantitative estimate of drug-likeness (QED) is 0.0621. The Morgan fingerprint density at radius 2 is 1.08 bits per heavy atom. The number of hydrogen-bond donors (Lipinski definition) is 0. The Labute approximate surface area is 323 Å². The molecule has 0 unspecified atom stereocenters. The Bertz CT molecular complexity index is 1910. The van der Waals surface area contributed by atoms with E-state index in [0.717, 1.165) is 48.1 Å². The number of carbonyl (C=O) groups excluding carboxylic acids is 2. The first-order chi connectivity index (χ1) is 25.4. The predicted molar refractivity (Wildman–Crippen MR) is 219 cm³/mol. The van der Waals surface area contributed by atoms with E-state index < -0.39 is 0 Å². The van der Waals surface area contributed by atoms with Crippen molar-refractivity contribution in [3.05, 3.63) is 86.4 Å². The number of nitrogens with zero attached hydrogens (tertiary/aromatic N) is 2. The average molecular weight is 831 g/mol. The summed E-state index contributed by atoms with van der Waals surface area (Å²) >= 11 is 0.375. The standard InChI is InChI=1S/C45H56N2O3Se2/c1-5-7-9-10-11-12-13-14-15-16-28-50-29-17-27-47-43(42-41(44(47)48)33(4)46(45(42)49)26-8-6-2)40-25-24-39(52-40)37-22-20-34-30-36(21-19-35(34)31-37)38-23-18-32(3)51-38/h18-25,30-31H,5-17,26-29H2,1-4H3. The van der Waals surface area contributed by atoms with Gasteiger partial charge in [0.05, 0.1) is 0 Å². The Kier molecular flexibility index (Phi) is 14.1. The van der Waals surface area contributed by atoms with Crippen molar-refractivity contribution in [3.63, 3.8) is 0 Å². The Morgan fingerprint density at radius 1 is 0.538 bits per heavy atom. The molecule has 5 nitrogen and oxygen atoms in total. The second-order valence-electron chi connectivity index (χ2n) is 14.4. The van der Waals surface area contributed by atoms with E-state index in [-0.39, 0.29) is 26.3 Å². The number of benzene rings is 2. The summed E-state index contributed by atoms with van der Waals surface area (Å²) in [6.07, 6.45) is 15.8. The van der Waals surface area contributed by atoms with Gasteiger partial charge in [0, 0.05) is 0 Å². The summed E-state index contributed by atoms with van der Waals surface area (Å²) in [5.41, 5.74) is 5.40. The van der Waals surface area contributed by atoms with Gasteiger partial charge in [-0.25, -0.2) is 0 Å². The van der Waals surface area contributed by atoms with Gasteiger partial charge in [0.1, 0.15) is 0 Å². The van der Waals surface area contributed by atoms with Crippen LogP contribution in [0.1, 0.15) is 113 Å². The third-order valence-corrected chi connectivity index (χ3v) is 15.1. The van der Waals surface area contributed by atoms with Crippen LogP contribution in [0.15, 0.2) is 77.5 Å². The monoisotopic (exact) mass is 832 g/mol. The van der Waals surface area contributed by atoms with Gasteiger partial charge in [-0.3, -0.25) is 0 Å². The molecule has 0 fully saturated rings. The second-order valence-corrected chi connectivity index (χ2v) is 19.4. The summed E-state index contributed by atoms with van der Waals surface area (Å²) in [6.45, 7) is 11.2. The van der Waals surface area contributed by atoms with Crippen molar-refractivity contribution in [2.75, 3.05) is 26.3 Å². The van der Waals surface area contributed by atoms with Crippen LogP contribution in [0.3, 0.4) is 0 Å². The van der Waals surface area contributed by atoms with Crippen LogP contribution < -0.4 is 0 Å². The van der Waals surface area contributed by atoms with Crippen LogP contribution in [0.4, 0.5) is 0 Å². The van der Waals surface area contributed by atoms with Crippen molar-refractivity contribution in [2.45, 2.75) is 111 Å². The maximum absolute atomic E-state index is 14.1. The van der Waals surface area contributed by atoms with Gasteiger partial charge in [0.15, 0.2) is 0 Å². The Balaban J connectivity index is 1.12. The molecular weight excluding hydrogens is 774 g/mol. The fourth-order valence-corrected chi connectivity index (χ4v) is 11.5. The van der Waals surface area contributed by atoms with Gasteiger partial charge in [-0.15, -0.1) is 0 Å². The molecule has 0 N–H and O–H groups in total. The molecule has 2 aliphatic heterocycles. The predicted octanol–water partition coefficient (Wildman–Crippen LogP) is 10.4. The van der Waals surface area contributed by atoms with Crippen molar-refractivity contribution in [3.8, 4) is 20.0 Å². The molecule has 0 saturated heterocycles.